The molecule has 0 spiro atoms. The van der Waals surface area contributed by atoms with E-state index in [9.17, 15) is 9.90 Å². The summed E-state index contributed by atoms with van der Waals surface area (Å²) in [6.07, 6.45) is 0. The van der Waals surface area contributed by atoms with Gasteiger partial charge in [0.15, 0.2) is 0 Å². The van der Waals surface area contributed by atoms with Gasteiger partial charge in [-0.25, -0.2) is 4.79 Å². The van der Waals surface area contributed by atoms with E-state index in [0.717, 1.165) is 0 Å². The highest BCUT2D eigenvalue weighted by molar-refractivity contribution is 6.03. The molecule has 2 N–H and O–H groups in total. The molecule has 0 amide bonds. The molecule has 0 saturated carbocycles. The van der Waals surface area contributed by atoms with Crippen molar-refractivity contribution in [3.63, 3.8) is 0 Å². The molecule has 0 unspecified atom stereocenters. The van der Waals surface area contributed by atoms with Gasteiger partial charge in [-0.3, -0.25) is 0 Å². The summed E-state index contributed by atoms with van der Waals surface area (Å²) in [5.74, 6) is -0.571. The Balaban J connectivity index is 2.61. The van der Waals surface area contributed by atoms with E-state index >= 15 is 0 Å². The third kappa shape index (κ3) is 2.62. The van der Waals surface area contributed by atoms with E-state index in [4.69, 9.17) is 9.84 Å². The van der Waals surface area contributed by atoms with Crippen LogP contribution in [0.15, 0.2) is 30.3 Å². The minimum absolute atomic E-state index is 0.141. The van der Waals surface area contributed by atoms with Gasteiger partial charge in [0.2, 0.25) is 0 Å². The number of rotatable bonds is 4. The van der Waals surface area contributed by atoms with E-state index in [0.29, 0.717) is 29.0 Å². The third-order valence-corrected chi connectivity index (χ3v) is 2.78. The average Bonchev–Trinajstić information content (AvgIpc) is 2.37. The third-order valence-electron chi connectivity index (χ3n) is 2.78. The highest BCUT2D eigenvalue weighted by Gasteiger charge is 2.17. The average molecular weight is 260 g/mol. The van der Waals surface area contributed by atoms with Crippen molar-refractivity contribution in [2.24, 2.45) is 5.92 Å². The van der Waals surface area contributed by atoms with Crippen LogP contribution in [0.5, 0.6) is 11.5 Å². The molecule has 19 heavy (non-hydrogen) atoms. The zero-order valence-corrected chi connectivity index (χ0v) is 10.9. The molecule has 0 fully saturated rings. The van der Waals surface area contributed by atoms with Crippen LogP contribution in [-0.2, 0) is 0 Å². The van der Waals surface area contributed by atoms with E-state index < -0.39 is 5.97 Å². The molecule has 0 aromatic heterocycles. The first kappa shape index (κ1) is 13.2. The number of carboxylic acid groups (broad SMARTS) is 1. The van der Waals surface area contributed by atoms with Gasteiger partial charge in [0.25, 0.3) is 0 Å². The largest absolute Gasteiger partial charge is 0.506 e. The molecule has 0 aliphatic heterocycles. The predicted molar refractivity (Wildman–Crippen MR) is 72.9 cm³/mol. The van der Waals surface area contributed by atoms with Crippen LogP contribution >= 0.6 is 0 Å². The van der Waals surface area contributed by atoms with Crippen LogP contribution in [0.25, 0.3) is 10.8 Å². The molecule has 4 heteroatoms. The Morgan fingerprint density at radius 1 is 1.26 bits per heavy atom. The monoisotopic (exact) mass is 260 g/mol. The zero-order valence-electron chi connectivity index (χ0n) is 10.9. The fourth-order valence-electron chi connectivity index (χ4n) is 1.87. The second kappa shape index (κ2) is 5.18. The lowest BCUT2D eigenvalue weighted by Crippen LogP contribution is -2.06. The Hall–Kier alpha value is -2.23. The summed E-state index contributed by atoms with van der Waals surface area (Å²) in [4.78, 5) is 11.1. The van der Waals surface area contributed by atoms with Gasteiger partial charge in [-0.2, -0.15) is 0 Å². The molecule has 0 aliphatic carbocycles. The fraction of sp³-hybridized carbons (Fsp3) is 0.267. The van der Waals surface area contributed by atoms with E-state index in [1.165, 1.54) is 6.07 Å². The summed E-state index contributed by atoms with van der Waals surface area (Å²) in [7, 11) is 0. The van der Waals surface area contributed by atoms with Gasteiger partial charge in [0.05, 0.1) is 6.61 Å². The maximum Gasteiger partial charge on any atom is 0.339 e. The van der Waals surface area contributed by atoms with Crippen LogP contribution in [0.1, 0.15) is 24.2 Å². The van der Waals surface area contributed by atoms with Crippen LogP contribution in [0.4, 0.5) is 0 Å². The van der Waals surface area contributed by atoms with Crippen molar-refractivity contribution in [3.8, 4) is 11.5 Å². The highest BCUT2D eigenvalue weighted by atomic mass is 16.5. The standard InChI is InChI=1S/C15H16O4/c1-9(2)8-19-13-7-12(15(17)18)14(16)11-6-4-3-5-10(11)13/h3-7,9,16H,8H2,1-2H3,(H,17,18). The van der Waals surface area contributed by atoms with Gasteiger partial charge in [0.1, 0.15) is 17.1 Å². The first-order chi connectivity index (χ1) is 9.00. The SMILES string of the molecule is CC(C)COc1cc(C(=O)O)c(O)c2ccccc12. The van der Waals surface area contributed by atoms with Crippen LogP contribution in [0.3, 0.4) is 0 Å². The molecular formula is C15H16O4. The molecule has 0 atom stereocenters. The quantitative estimate of drug-likeness (QED) is 0.885. The highest BCUT2D eigenvalue weighted by Crippen LogP contribution is 2.36. The van der Waals surface area contributed by atoms with Crippen LogP contribution in [0.2, 0.25) is 0 Å². The lowest BCUT2D eigenvalue weighted by atomic mass is 10.0. The number of hydrogen-bond acceptors (Lipinski definition) is 3. The van der Waals surface area contributed by atoms with Crippen LogP contribution in [-0.4, -0.2) is 22.8 Å². The van der Waals surface area contributed by atoms with Crippen molar-refractivity contribution in [3.05, 3.63) is 35.9 Å². The van der Waals surface area contributed by atoms with E-state index in [1.54, 1.807) is 18.2 Å². The number of aromatic carboxylic acids is 1. The number of aromatic hydroxyl groups is 1. The van der Waals surface area contributed by atoms with Crippen molar-refractivity contribution in [2.75, 3.05) is 6.61 Å². The van der Waals surface area contributed by atoms with Gasteiger partial charge in [-0.15, -0.1) is 0 Å². The molecule has 2 rings (SSSR count). The molecule has 2 aromatic rings. The lowest BCUT2D eigenvalue weighted by molar-refractivity contribution is 0.0693. The normalized spacial score (nSPS) is 10.9. The Kier molecular flexibility index (Phi) is 3.60. The number of carbonyl (C=O) groups is 1. The van der Waals surface area contributed by atoms with Crippen molar-refractivity contribution in [1.29, 1.82) is 0 Å². The number of hydrogen-bond donors (Lipinski definition) is 2. The summed E-state index contributed by atoms with van der Waals surface area (Å²) < 4.78 is 5.65. The van der Waals surface area contributed by atoms with E-state index in [1.807, 2.05) is 19.9 Å². The Morgan fingerprint density at radius 3 is 2.47 bits per heavy atom. The van der Waals surface area contributed by atoms with Crippen molar-refractivity contribution in [2.45, 2.75) is 13.8 Å². The molecule has 2 aromatic carbocycles. The number of ether oxygens (including phenoxy) is 1. The minimum Gasteiger partial charge on any atom is -0.506 e. The summed E-state index contributed by atoms with van der Waals surface area (Å²) in [6.45, 7) is 4.52. The Bertz CT molecular complexity index is 617. The van der Waals surface area contributed by atoms with E-state index in [-0.39, 0.29) is 11.3 Å². The smallest absolute Gasteiger partial charge is 0.339 e. The fourth-order valence-corrected chi connectivity index (χ4v) is 1.87. The summed E-state index contributed by atoms with van der Waals surface area (Å²) in [5.41, 5.74) is -0.141. The van der Waals surface area contributed by atoms with E-state index in [2.05, 4.69) is 0 Å². The molecule has 100 valence electrons. The maximum atomic E-state index is 11.1. The molecule has 0 radical (unpaired) electrons. The van der Waals surface area contributed by atoms with Crippen molar-refractivity contribution >= 4 is 16.7 Å². The summed E-state index contributed by atoms with van der Waals surface area (Å²) in [5, 5.41) is 20.3. The molecular weight excluding hydrogens is 244 g/mol. The first-order valence-electron chi connectivity index (χ1n) is 6.11. The number of fused-ring (bicyclic) bond motifs is 1. The second-order valence-corrected chi connectivity index (χ2v) is 4.83. The predicted octanol–water partition coefficient (Wildman–Crippen LogP) is 3.28. The van der Waals surface area contributed by atoms with Crippen molar-refractivity contribution < 1.29 is 19.7 Å². The summed E-state index contributed by atoms with van der Waals surface area (Å²) >= 11 is 0. The molecule has 4 nitrogen and oxygen atoms in total. The zero-order chi connectivity index (χ0) is 14.0. The molecule has 0 saturated heterocycles. The summed E-state index contributed by atoms with van der Waals surface area (Å²) in [6, 6.07) is 8.43. The number of carboxylic acids is 1. The van der Waals surface area contributed by atoms with Gasteiger partial charge in [0, 0.05) is 10.8 Å². The van der Waals surface area contributed by atoms with Crippen LogP contribution < -0.4 is 4.74 Å². The topological polar surface area (TPSA) is 66.8 Å². The molecule has 0 aliphatic rings. The van der Waals surface area contributed by atoms with Gasteiger partial charge < -0.3 is 14.9 Å². The second-order valence-electron chi connectivity index (χ2n) is 4.83. The minimum atomic E-state index is -1.17. The Morgan fingerprint density at radius 2 is 1.89 bits per heavy atom. The number of phenols is 1. The molecule has 0 bridgehead atoms. The Labute approximate surface area is 111 Å². The van der Waals surface area contributed by atoms with Gasteiger partial charge >= 0.3 is 5.97 Å². The molecule has 0 heterocycles. The van der Waals surface area contributed by atoms with Gasteiger partial charge in [-0.1, -0.05) is 38.1 Å². The maximum absolute atomic E-state index is 11.1. The van der Waals surface area contributed by atoms with Crippen molar-refractivity contribution in [1.82, 2.24) is 0 Å². The lowest BCUT2D eigenvalue weighted by Gasteiger charge is -2.13. The first-order valence-corrected chi connectivity index (χ1v) is 6.11. The van der Waals surface area contributed by atoms with Gasteiger partial charge in [-0.05, 0) is 12.0 Å². The van der Waals surface area contributed by atoms with Crippen LogP contribution in [0, 0.1) is 5.92 Å². The number of benzene rings is 2.